The lowest BCUT2D eigenvalue weighted by atomic mass is 9.83. The second kappa shape index (κ2) is 6.80. The Morgan fingerprint density at radius 2 is 1.88 bits per heavy atom. The molecule has 2 N–H and O–H groups in total. The van der Waals surface area contributed by atoms with E-state index in [-0.39, 0.29) is 17.0 Å². The molecule has 0 saturated heterocycles. The van der Waals surface area contributed by atoms with Crippen molar-refractivity contribution in [2.45, 2.75) is 64.3 Å². The lowest BCUT2D eigenvalue weighted by Gasteiger charge is -2.39. The van der Waals surface area contributed by atoms with Crippen molar-refractivity contribution in [3.05, 3.63) is 0 Å². The summed E-state index contributed by atoms with van der Waals surface area (Å²) in [7, 11) is 1.73. The van der Waals surface area contributed by atoms with Gasteiger partial charge in [-0.1, -0.05) is 13.8 Å². The van der Waals surface area contributed by atoms with Crippen LogP contribution in [0.4, 0.5) is 0 Å². The van der Waals surface area contributed by atoms with Gasteiger partial charge in [0.05, 0.1) is 11.5 Å². The molecule has 0 aromatic heterocycles. The minimum absolute atomic E-state index is 0.158. The normalized spacial score (nSPS) is 21.2. The summed E-state index contributed by atoms with van der Waals surface area (Å²) in [5.74, 6) is 0.200. The molecule has 0 aliphatic heterocycles. The van der Waals surface area contributed by atoms with Gasteiger partial charge in [-0.2, -0.15) is 0 Å². The maximum Gasteiger partial charge on any atom is 0.119 e. The van der Waals surface area contributed by atoms with Crippen molar-refractivity contribution in [3.8, 4) is 0 Å². The molecular formula is C12H26ClNO2. The lowest BCUT2D eigenvalue weighted by molar-refractivity contribution is -0.0331. The number of hydrogen-bond acceptors (Lipinski definition) is 3. The van der Waals surface area contributed by atoms with Crippen molar-refractivity contribution in [3.63, 3.8) is 0 Å². The lowest BCUT2D eigenvalue weighted by Crippen LogP contribution is -2.52. The van der Waals surface area contributed by atoms with E-state index in [0.29, 0.717) is 0 Å². The zero-order valence-electron chi connectivity index (χ0n) is 11.1. The smallest absolute Gasteiger partial charge is 0.119 e. The third-order valence-corrected chi connectivity index (χ3v) is 3.74. The van der Waals surface area contributed by atoms with Crippen LogP contribution in [0.3, 0.4) is 0 Å². The minimum Gasteiger partial charge on any atom is -0.378 e. The minimum atomic E-state index is -0.662. The number of aliphatic hydroxyl groups excluding tert-OH is 1. The summed E-state index contributed by atoms with van der Waals surface area (Å²) in [4.78, 5) is 0. The molecule has 0 aliphatic rings. The van der Waals surface area contributed by atoms with E-state index in [1.165, 1.54) is 0 Å². The van der Waals surface area contributed by atoms with Gasteiger partial charge in [-0.3, -0.25) is 5.32 Å². The number of nitrogens with one attached hydrogen (secondary N) is 1. The fraction of sp³-hybridized carbons (Fsp3) is 1.00. The van der Waals surface area contributed by atoms with Crippen LogP contribution in [0, 0.1) is 0 Å². The van der Waals surface area contributed by atoms with Gasteiger partial charge >= 0.3 is 0 Å². The zero-order chi connectivity index (χ0) is 12.8. The Hall–Kier alpha value is 0.170. The van der Waals surface area contributed by atoms with Gasteiger partial charge in [0, 0.05) is 12.6 Å². The largest absolute Gasteiger partial charge is 0.378 e. The molecule has 0 spiro atoms. The molecule has 3 atom stereocenters. The number of halogens is 1. The fourth-order valence-electron chi connectivity index (χ4n) is 1.89. The highest BCUT2D eigenvalue weighted by atomic mass is 35.5. The molecule has 98 valence electrons. The topological polar surface area (TPSA) is 41.5 Å². The molecule has 4 heteroatoms. The molecule has 0 saturated carbocycles. The highest BCUT2D eigenvalue weighted by Gasteiger charge is 2.34. The average Bonchev–Trinajstić information content (AvgIpc) is 2.28. The van der Waals surface area contributed by atoms with E-state index in [0.717, 1.165) is 19.3 Å². The molecule has 3 unspecified atom stereocenters. The van der Waals surface area contributed by atoms with Gasteiger partial charge in [0.15, 0.2) is 0 Å². The van der Waals surface area contributed by atoms with Gasteiger partial charge in [-0.15, -0.1) is 11.6 Å². The Morgan fingerprint density at radius 3 is 2.19 bits per heavy atom. The second-order valence-corrected chi connectivity index (χ2v) is 5.22. The van der Waals surface area contributed by atoms with E-state index in [9.17, 15) is 5.11 Å². The van der Waals surface area contributed by atoms with Crippen molar-refractivity contribution < 1.29 is 9.84 Å². The van der Waals surface area contributed by atoms with E-state index in [4.69, 9.17) is 16.3 Å². The Kier molecular flexibility index (Phi) is 6.87. The predicted octanol–water partition coefficient (Wildman–Crippen LogP) is 2.51. The molecule has 0 aromatic carbocycles. The summed E-state index contributed by atoms with van der Waals surface area (Å²) in [5.41, 5.74) is -0.321. The van der Waals surface area contributed by atoms with Crippen LogP contribution in [0.2, 0.25) is 0 Å². The van der Waals surface area contributed by atoms with Crippen LogP contribution >= 0.6 is 11.6 Å². The first-order valence-corrected chi connectivity index (χ1v) is 6.45. The monoisotopic (exact) mass is 251 g/mol. The van der Waals surface area contributed by atoms with Crippen LogP contribution in [0.5, 0.6) is 0 Å². The van der Waals surface area contributed by atoms with Crippen molar-refractivity contribution >= 4 is 11.6 Å². The van der Waals surface area contributed by atoms with Crippen LogP contribution in [0.25, 0.3) is 0 Å². The van der Waals surface area contributed by atoms with Crippen molar-refractivity contribution in [2.24, 2.45) is 0 Å². The number of alkyl halides is 1. The maximum atomic E-state index is 9.58. The molecule has 0 aliphatic carbocycles. The van der Waals surface area contributed by atoms with E-state index < -0.39 is 6.23 Å². The van der Waals surface area contributed by atoms with Crippen LogP contribution in [0.15, 0.2) is 0 Å². The molecule has 0 bridgehead atoms. The van der Waals surface area contributed by atoms with Crippen LogP contribution in [0.1, 0.15) is 47.0 Å². The van der Waals surface area contributed by atoms with Crippen molar-refractivity contribution in [1.82, 2.24) is 5.32 Å². The van der Waals surface area contributed by atoms with Gasteiger partial charge in [0.25, 0.3) is 0 Å². The van der Waals surface area contributed by atoms with Gasteiger partial charge in [-0.25, -0.2) is 0 Å². The number of aliphatic hydroxyl groups is 1. The molecule has 0 aromatic rings. The van der Waals surface area contributed by atoms with Gasteiger partial charge in [0.1, 0.15) is 6.23 Å². The number of rotatable bonds is 8. The third kappa shape index (κ3) is 5.00. The first-order valence-electron chi connectivity index (χ1n) is 5.91. The van der Waals surface area contributed by atoms with Gasteiger partial charge < -0.3 is 9.84 Å². The standard InChI is InChI=1S/C12H26ClNO2/c1-6-11(3,14-10(15)8-13)9-12(4,7-2)16-5/h10,14-15H,6-9H2,1-5H3. The Labute approximate surface area is 105 Å². The Morgan fingerprint density at radius 1 is 1.31 bits per heavy atom. The summed E-state index contributed by atoms with van der Waals surface area (Å²) in [5, 5.41) is 12.7. The second-order valence-electron chi connectivity index (χ2n) is 4.91. The molecular weight excluding hydrogens is 226 g/mol. The zero-order valence-corrected chi connectivity index (χ0v) is 11.9. The fourth-order valence-corrected chi connectivity index (χ4v) is 1.96. The summed E-state index contributed by atoms with van der Waals surface area (Å²) in [6, 6.07) is 0. The van der Waals surface area contributed by atoms with E-state index in [1.807, 2.05) is 0 Å². The first kappa shape index (κ1) is 16.2. The molecule has 0 radical (unpaired) electrons. The van der Waals surface area contributed by atoms with Gasteiger partial charge in [0.2, 0.25) is 0 Å². The summed E-state index contributed by atoms with van der Waals surface area (Å²) in [6.07, 6.45) is 2.04. The molecule has 0 amide bonds. The summed E-state index contributed by atoms with van der Waals surface area (Å²) in [6.45, 7) is 8.39. The SMILES string of the molecule is CCC(C)(CC(C)(CC)OC)NC(O)CCl. The molecule has 0 fully saturated rings. The molecule has 0 heterocycles. The third-order valence-electron chi connectivity index (χ3n) is 3.45. The highest BCUT2D eigenvalue weighted by molar-refractivity contribution is 6.18. The van der Waals surface area contributed by atoms with Crippen LogP contribution in [-0.4, -0.2) is 35.5 Å². The highest BCUT2D eigenvalue weighted by Crippen LogP contribution is 2.28. The predicted molar refractivity (Wildman–Crippen MR) is 68.9 cm³/mol. The quantitative estimate of drug-likeness (QED) is 0.515. The van der Waals surface area contributed by atoms with Crippen molar-refractivity contribution in [1.29, 1.82) is 0 Å². The first-order chi connectivity index (χ1) is 7.34. The molecule has 3 nitrogen and oxygen atoms in total. The van der Waals surface area contributed by atoms with E-state index >= 15 is 0 Å². The van der Waals surface area contributed by atoms with Gasteiger partial charge in [-0.05, 0) is 33.1 Å². The average molecular weight is 252 g/mol. The van der Waals surface area contributed by atoms with Crippen LogP contribution in [-0.2, 0) is 4.74 Å². The Bertz CT molecular complexity index is 197. The van der Waals surface area contributed by atoms with E-state index in [2.05, 4.69) is 33.0 Å². The van der Waals surface area contributed by atoms with Crippen LogP contribution < -0.4 is 5.32 Å². The number of hydrogen-bond donors (Lipinski definition) is 2. The van der Waals surface area contributed by atoms with E-state index in [1.54, 1.807) is 7.11 Å². The maximum absolute atomic E-state index is 9.58. The van der Waals surface area contributed by atoms with Crippen molar-refractivity contribution in [2.75, 3.05) is 13.0 Å². The summed E-state index contributed by atoms with van der Waals surface area (Å²) >= 11 is 5.61. The molecule has 0 rings (SSSR count). The Balaban J connectivity index is 4.57. The number of methoxy groups -OCH3 is 1. The number of ether oxygens (including phenoxy) is 1. The molecule has 16 heavy (non-hydrogen) atoms. The summed E-state index contributed by atoms with van der Waals surface area (Å²) < 4.78 is 5.55.